The van der Waals surface area contributed by atoms with Gasteiger partial charge in [0.2, 0.25) is 5.91 Å². The van der Waals surface area contributed by atoms with Gasteiger partial charge in [-0.05, 0) is 13.5 Å². The number of amides is 1. The zero-order chi connectivity index (χ0) is 14.7. The molecule has 1 aliphatic heterocycles. The number of hydrogen-bond acceptors (Lipinski definition) is 6. The van der Waals surface area contributed by atoms with Crippen LogP contribution in [0.5, 0.6) is 0 Å². The van der Waals surface area contributed by atoms with Crippen LogP contribution in [0.25, 0.3) is 0 Å². The molecule has 1 saturated heterocycles. The van der Waals surface area contributed by atoms with E-state index >= 15 is 0 Å². The van der Waals surface area contributed by atoms with Crippen LogP contribution in [-0.4, -0.2) is 35.1 Å². The Morgan fingerprint density at radius 2 is 2.45 bits per heavy atom. The first-order valence-electron chi connectivity index (χ1n) is 6.51. The van der Waals surface area contributed by atoms with E-state index in [9.17, 15) is 4.79 Å². The number of nitrogens with zero attached hydrogens (tertiary/aromatic N) is 3. The van der Waals surface area contributed by atoms with Gasteiger partial charge in [-0.3, -0.25) is 14.7 Å². The van der Waals surface area contributed by atoms with Gasteiger partial charge in [-0.1, -0.05) is 6.92 Å². The summed E-state index contributed by atoms with van der Waals surface area (Å²) in [5, 5.41) is 2.73. The highest BCUT2D eigenvalue weighted by Crippen LogP contribution is 2.25. The van der Waals surface area contributed by atoms with Gasteiger partial charge in [-0.15, -0.1) is 0 Å². The molecule has 0 saturated carbocycles. The van der Waals surface area contributed by atoms with E-state index in [0.717, 1.165) is 0 Å². The number of nitrogens with one attached hydrogen (secondary N) is 1. The second kappa shape index (κ2) is 5.87. The Labute approximate surface area is 117 Å². The first kappa shape index (κ1) is 14.3. The van der Waals surface area contributed by atoms with Gasteiger partial charge in [0.15, 0.2) is 17.5 Å². The summed E-state index contributed by atoms with van der Waals surface area (Å²) in [7, 11) is 0. The summed E-state index contributed by atoms with van der Waals surface area (Å²) >= 11 is 0. The maximum atomic E-state index is 11.5. The van der Waals surface area contributed by atoms with E-state index in [1.807, 2.05) is 0 Å². The molecule has 7 heteroatoms. The van der Waals surface area contributed by atoms with Gasteiger partial charge < -0.3 is 15.8 Å². The summed E-state index contributed by atoms with van der Waals surface area (Å²) in [6, 6.07) is 0. The molecule has 1 amide bonds. The molecule has 0 aliphatic carbocycles. The fraction of sp³-hybridized carbons (Fsp3) is 0.462. The number of nitrogens with two attached hydrogens (primary N) is 1. The minimum absolute atomic E-state index is 0.0979. The number of aryl methyl sites for hydroxylation is 1. The van der Waals surface area contributed by atoms with Crippen molar-refractivity contribution >= 4 is 17.5 Å². The molecule has 1 aromatic heterocycles. The van der Waals surface area contributed by atoms with Gasteiger partial charge in [-0.2, -0.15) is 0 Å². The van der Waals surface area contributed by atoms with Crippen LogP contribution in [0, 0.1) is 6.92 Å². The lowest BCUT2D eigenvalue weighted by molar-refractivity contribution is -0.115. The molecular formula is C13H19N5O2. The minimum Gasteiger partial charge on any atom is -0.473 e. The van der Waals surface area contributed by atoms with Crippen LogP contribution in [0.2, 0.25) is 0 Å². The summed E-state index contributed by atoms with van der Waals surface area (Å²) in [4.78, 5) is 21.9. The Balaban J connectivity index is 2.23. The van der Waals surface area contributed by atoms with Crippen LogP contribution in [0.4, 0.5) is 11.6 Å². The van der Waals surface area contributed by atoms with Crippen molar-refractivity contribution in [2.24, 2.45) is 5.73 Å². The highest BCUT2D eigenvalue weighted by molar-refractivity contribution is 5.90. The summed E-state index contributed by atoms with van der Waals surface area (Å²) in [6.45, 7) is 8.39. The van der Waals surface area contributed by atoms with Crippen LogP contribution in [0.3, 0.4) is 0 Å². The molecule has 1 fully saturated rings. The highest BCUT2D eigenvalue weighted by Gasteiger charge is 2.28. The molecule has 1 atom stereocenters. The summed E-state index contributed by atoms with van der Waals surface area (Å²) in [5.74, 6) is 1.43. The van der Waals surface area contributed by atoms with Gasteiger partial charge in [0, 0.05) is 13.0 Å². The molecule has 0 bridgehead atoms. The number of ether oxygens (including phenoxy) is 1. The van der Waals surface area contributed by atoms with E-state index in [1.54, 1.807) is 24.9 Å². The number of aromatic nitrogens is 2. The molecule has 108 valence electrons. The van der Waals surface area contributed by atoms with Crippen molar-refractivity contribution in [1.29, 1.82) is 0 Å². The van der Waals surface area contributed by atoms with Crippen molar-refractivity contribution in [2.75, 3.05) is 23.3 Å². The molecular weight excluding hydrogens is 258 g/mol. The van der Waals surface area contributed by atoms with Crippen molar-refractivity contribution in [3.05, 3.63) is 24.4 Å². The van der Waals surface area contributed by atoms with E-state index in [-0.39, 0.29) is 12.0 Å². The van der Waals surface area contributed by atoms with E-state index in [2.05, 4.69) is 21.9 Å². The Morgan fingerprint density at radius 1 is 1.70 bits per heavy atom. The molecule has 0 unspecified atom stereocenters. The van der Waals surface area contributed by atoms with Crippen LogP contribution in [0.1, 0.15) is 19.0 Å². The zero-order valence-electron chi connectivity index (χ0n) is 11.7. The molecule has 3 N–H and O–H groups in total. The van der Waals surface area contributed by atoms with Crippen LogP contribution < -0.4 is 16.0 Å². The van der Waals surface area contributed by atoms with Crippen molar-refractivity contribution in [3.8, 4) is 0 Å². The lowest BCUT2D eigenvalue weighted by Crippen LogP contribution is -2.27. The van der Waals surface area contributed by atoms with Gasteiger partial charge in [0.25, 0.3) is 0 Å². The average Bonchev–Trinajstić information content (AvgIpc) is 2.82. The number of carbonyl (C=O) groups is 1. The Bertz CT molecular complexity index is 531. The van der Waals surface area contributed by atoms with Crippen LogP contribution in [0.15, 0.2) is 18.7 Å². The first-order chi connectivity index (χ1) is 9.55. The molecule has 1 aromatic rings. The molecule has 0 aromatic carbocycles. The van der Waals surface area contributed by atoms with E-state index in [1.165, 1.54) is 0 Å². The topological polar surface area (TPSA) is 93.4 Å². The molecule has 0 radical (unpaired) electrons. The molecule has 1 aliphatic rings. The molecule has 0 spiro atoms. The standard InChI is InChI=1S/C13H19N5O2/c1-4-12(19)17-13-8(2)15-6-11(16-13)18-7-10(5-14)20-9(18)3/h6,10H,3-5,7,14H2,1-2H3,(H,16,17,19)/t10-/m1/s1. The van der Waals surface area contributed by atoms with Gasteiger partial charge in [0.05, 0.1) is 18.4 Å². The normalized spacial score (nSPS) is 18.1. The summed E-state index contributed by atoms with van der Waals surface area (Å²) in [6.07, 6.45) is 1.92. The fourth-order valence-corrected chi connectivity index (χ4v) is 1.85. The highest BCUT2D eigenvalue weighted by atomic mass is 16.5. The minimum atomic E-state index is -0.101. The zero-order valence-corrected chi connectivity index (χ0v) is 11.7. The predicted molar refractivity (Wildman–Crippen MR) is 76.1 cm³/mol. The van der Waals surface area contributed by atoms with Crippen molar-refractivity contribution < 1.29 is 9.53 Å². The Hall–Kier alpha value is -2.15. The third kappa shape index (κ3) is 2.88. The number of carbonyl (C=O) groups excluding carboxylic acids is 1. The lowest BCUT2D eigenvalue weighted by atomic mass is 10.3. The third-order valence-electron chi connectivity index (χ3n) is 3.05. The van der Waals surface area contributed by atoms with Crippen molar-refractivity contribution in [1.82, 2.24) is 9.97 Å². The van der Waals surface area contributed by atoms with E-state index < -0.39 is 0 Å². The largest absolute Gasteiger partial charge is 0.473 e. The van der Waals surface area contributed by atoms with Gasteiger partial charge >= 0.3 is 0 Å². The number of hydrogen-bond donors (Lipinski definition) is 2. The lowest BCUT2D eigenvalue weighted by Gasteiger charge is -2.16. The van der Waals surface area contributed by atoms with Crippen molar-refractivity contribution in [2.45, 2.75) is 26.4 Å². The first-order valence-corrected chi connectivity index (χ1v) is 6.51. The van der Waals surface area contributed by atoms with Crippen LogP contribution in [-0.2, 0) is 9.53 Å². The van der Waals surface area contributed by atoms with Gasteiger partial charge in [-0.25, -0.2) is 4.98 Å². The maximum Gasteiger partial charge on any atom is 0.225 e. The third-order valence-corrected chi connectivity index (χ3v) is 3.05. The Morgan fingerprint density at radius 3 is 3.05 bits per heavy atom. The summed E-state index contributed by atoms with van der Waals surface area (Å²) < 4.78 is 5.50. The fourth-order valence-electron chi connectivity index (χ4n) is 1.85. The maximum absolute atomic E-state index is 11.5. The summed E-state index contributed by atoms with van der Waals surface area (Å²) in [5.41, 5.74) is 6.25. The van der Waals surface area contributed by atoms with Crippen molar-refractivity contribution in [3.63, 3.8) is 0 Å². The quantitative estimate of drug-likeness (QED) is 0.844. The second-order valence-electron chi connectivity index (χ2n) is 4.54. The Kier molecular flexibility index (Phi) is 4.19. The molecule has 2 heterocycles. The second-order valence-corrected chi connectivity index (χ2v) is 4.54. The SMILES string of the molecule is C=C1O[C@H](CN)CN1c1cnc(C)c(NC(=O)CC)n1. The molecule has 7 nitrogen and oxygen atoms in total. The monoisotopic (exact) mass is 277 g/mol. The molecule has 20 heavy (non-hydrogen) atoms. The number of anilines is 2. The van der Waals surface area contributed by atoms with Gasteiger partial charge in [0.1, 0.15) is 6.10 Å². The smallest absolute Gasteiger partial charge is 0.225 e. The predicted octanol–water partition coefficient (Wildman–Crippen LogP) is 0.769. The van der Waals surface area contributed by atoms with E-state index in [4.69, 9.17) is 10.5 Å². The van der Waals surface area contributed by atoms with Crippen LogP contribution >= 0.6 is 0 Å². The number of rotatable bonds is 4. The molecule has 2 rings (SSSR count). The van der Waals surface area contributed by atoms with E-state index in [0.29, 0.717) is 42.7 Å². The average molecular weight is 277 g/mol.